The van der Waals surface area contributed by atoms with E-state index in [1.807, 2.05) is 19.1 Å². The quantitative estimate of drug-likeness (QED) is 0.659. The number of aromatic hydroxyl groups is 2. The van der Waals surface area contributed by atoms with Crippen LogP contribution in [0, 0.1) is 0 Å². The third-order valence-electron chi connectivity index (χ3n) is 3.52. The van der Waals surface area contributed by atoms with Crippen molar-refractivity contribution < 1.29 is 15.3 Å². The van der Waals surface area contributed by atoms with Crippen LogP contribution in [0.3, 0.4) is 0 Å². The average Bonchev–Trinajstić information content (AvgIpc) is 2.49. The third kappa shape index (κ3) is 5.22. The van der Waals surface area contributed by atoms with Gasteiger partial charge < -0.3 is 20.6 Å². The molecular weight excluding hydrogens is 302 g/mol. The van der Waals surface area contributed by atoms with E-state index in [-0.39, 0.29) is 29.9 Å². The number of phenols is 2. The van der Waals surface area contributed by atoms with Crippen LogP contribution in [0.4, 0.5) is 0 Å². The molecule has 0 bridgehead atoms. The molecule has 4 N–H and O–H groups in total. The van der Waals surface area contributed by atoms with Gasteiger partial charge in [-0.25, -0.2) is 0 Å². The van der Waals surface area contributed by atoms with Crippen LogP contribution in [0.2, 0.25) is 0 Å². The summed E-state index contributed by atoms with van der Waals surface area (Å²) in [5.41, 5.74) is 1.91. The van der Waals surface area contributed by atoms with Gasteiger partial charge in [-0.15, -0.1) is 12.4 Å². The topological polar surface area (TPSA) is 72.7 Å². The molecule has 2 rings (SSSR count). The van der Waals surface area contributed by atoms with Crippen LogP contribution in [-0.4, -0.2) is 27.9 Å². The van der Waals surface area contributed by atoms with Crippen molar-refractivity contribution in [2.75, 3.05) is 6.54 Å². The molecule has 120 valence electrons. The van der Waals surface area contributed by atoms with Crippen molar-refractivity contribution in [3.05, 3.63) is 59.7 Å². The van der Waals surface area contributed by atoms with E-state index in [4.69, 9.17) is 0 Å². The Morgan fingerprint density at radius 1 is 0.909 bits per heavy atom. The number of aliphatic hydroxyl groups excluding tert-OH is 1. The molecule has 0 saturated carbocycles. The first-order valence-electron chi connectivity index (χ1n) is 7.04. The molecule has 0 heterocycles. The zero-order valence-corrected chi connectivity index (χ0v) is 13.3. The molecular formula is C17H22ClNO3. The number of hydrogen-bond acceptors (Lipinski definition) is 4. The lowest BCUT2D eigenvalue weighted by molar-refractivity contribution is 0.136. The fourth-order valence-corrected chi connectivity index (χ4v) is 2.18. The number of rotatable bonds is 6. The molecule has 4 nitrogen and oxygen atoms in total. The second-order valence-corrected chi connectivity index (χ2v) is 5.20. The average molecular weight is 324 g/mol. The summed E-state index contributed by atoms with van der Waals surface area (Å²) in [6, 6.07) is 13.6. The maximum atomic E-state index is 10.2. The molecule has 2 aromatic rings. The van der Waals surface area contributed by atoms with Crippen molar-refractivity contribution in [3.8, 4) is 11.5 Å². The van der Waals surface area contributed by atoms with Crippen molar-refractivity contribution in [3.63, 3.8) is 0 Å². The van der Waals surface area contributed by atoms with Crippen LogP contribution in [0.15, 0.2) is 48.5 Å². The van der Waals surface area contributed by atoms with E-state index < -0.39 is 6.10 Å². The summed E-state index contributed by atoms with van der Waals surface area (Å²) in [6.45, 7) is 2.66. The highest BCUT2D eigenvalue weighted by molar-refractivity contribution is 5.85. The van der Waals surface area contributed by atoms with Gasteiger partial charge in [0.05, 0.1) is 6.10 Å². The van der Waals surface area contributed by atoms with Crippen LogP contribution < -0.4 is 5.32 Å². The van der Waals surface area contributed by atoms with Gasteiger partial charge in [-0.3, -0.25) is 0 Å². The van der Waals surface area contributed by atoms with E-state index in [2.05, 4.69) is 5.32 Å². The highest BCUT2D eigenvalue weighted by atomic mass is 35.5. The van der Waals surface area contributed by atoms with Gasteiger partial charge in [-0.2, -0.15) is 0 Å². The van der Waals surface area contributed by atoms with E-state index >= 15 is 0 Å². The normalized spacial score (nSPS) is 13.2. The molecule has 1 unspecified atom stereocenters. The van der Waals surface area contributed by atoms with Crippen molar-refractivity contribution in [1.29, 1.82) is 0 Å². The standard InChI is InChI=1S/C17H21NO3.ClH/c1-12(17(21)14-4-8-16(20)9-5-14)18-11-10-13-2-6-15(19)7-3-13;/h2-9,12,17-21H,10-11H2,1H3;1H/t12-,17?;/m1./s1. The van der Waals surface area contributed by atoms with Crippen molar-refractivity contribution in [1.82, 2.24) is 5.32 Å². The van der Waals surface area contributed by atoms with Gasteiger partial charge >= 0.3 is 0 Å². The van der Waals surface area contributed by atoms with Crippen LogP contribution in [0.1, 0.15) is 24.2 Å². The Bertz CT molecular complexity index is 557. The van der Waals surface area contributed by atoms with Crippen LogP contribution in [0.25, 0.3) is 0 Å². The van der Waals surface area contributed by atoms with Gasteiger partial charge in [0.2, 0.25) is 0 Å². The lowest BCUT2D eigenvalue weighted by atomic mass is 10.0. The molecule has 22 heavy (non-hydrogen) atoms. The first kappa shape index (κ1) is 18.3. The maximum Gasteiger partial charge on any atom is 0.115 e. The van der Waals surface area contributed by atoms with E-state index in [0.717, 1.165) is 24.1 Å². The highest BCUT2D eigenvalue weighted by Gasteiger charge is 2.15. The Hall–Kier alpha value is -1.75. The summed E-state index contributed by atoms with van der Waals surface area (Å²) in [5.74, 6) is 0.460. The van der Waals surface area contributed by atoms with Crippen LogP contribution in [-0.2, 0) is 6.42 Å². The molecule has 0 fully saturated rings. The minimum atomic E-state index is -0.620. The number of nitrogens with one attached hydrogen (secondary N) is 1. The lowest BCUT2D eigenvalue weighted by Gasteiger charge is -2.20. The number of halogens is 1. The molecule has 0 aliphatic heterocycles. The zero-order valence-electron chi connectivity index (χ0n) is 12.4. The Balaban J connectivity index is 0.00000242. The molecule has 2 aromatic carbocycles. The van der Waals surface area contributed by atoms with Crippen molar-refractivity contribution >= 4 is 12.4 Å². The smallest absolute Gasteiger partial charge is 0.115 e. The monoisotopic (exact) mass is 323 g/mol. The molecule has 0 saturated heterocycles. The van der Waals surface area contributed by atoms with Crippen molar-refractivity contribution in [2.45, 2.75) is 25.5 Å². The summed E-state index contributed by atoms with van der Waals surface area (Å²) in [6.07, 6.45) is 0.206. The molecule has 0 amide bonds. The summed E-state index contributed by atoms with van der Waals surface area (Å²) < 4.78 is 0. The largest absolute Gasteiger partial charge is 0.508 e. The summed E-state index contributed by atoms with van der Waals surface area (Å²) in [7, 11) is 0. The Morgan fingerprint density at radius 2 is 1.41 bits per heavy atom. The number of aliphatic hydroxyl groups is 1. The number of benzene rings is 2. The molecule has 0 aromatic heterocycles. The van der Waals surface area contributed by atoms with E-state index in [1.165, 1.54) is 0 Å². The lowest BCUT2D eigenvalue weighted by Crippen LogP contribution is -2.33. The van der Waals surface area contributed by atoms with E-state index in [9.17, 15) is 15.3 Å². The molecule has 0 spiro atoms. The second kappa shape index (κ2) is 8.63. The summed E-state index contributed by atoms with van der Waals surface area (Å²) in [5, 5.41) is 32.0. The van der Waals surface area contributed by atoms with Gasteiger partial charge in [0.1, 0.15) is 11.5 Å². The van der Waals surface area contributed by atoms with Crippen LogP contribution >= 0.6 is 12.4 Å². The molecule has 0 aliphatic carbocycles. The summed E-state index contributed by atoms with van der Waals surface area (Å²) in [4.78, 5) is 0. The summed E-state index contributed by atoms with van der Waals surface area (Å²) >= 11 is 0. The number of hydrogen-bond donors (Lipinski definition) is 4. The van der Waals surface area contributed by atoms with Crippen LogP contribution in [0.5, 0.6) is 11.5 Å². The van der Waals surface area contributed by atoms with Crippen molar-refractivity contribution in [2.24, 2.45) is 0 Å². The second-order valence-electron chi connectivity index (χ2n) is 5.20. The Kier molecular flexibility index (Phi) is 7.18. The predicted octanol–water partition coefficient (Wildman–Crippen LogP) is 2.77. The Labute approximate surface area is 136 Å². The SMILES string of the molecule is C[C@@H](NCCc1ccc(O)cc1)C(O)c1ccc(O)cc1.Cl. The van der Waals surface area contributed by atoms with Gasteiger partial charge in [0.15, 0.2) is 0 Å². The molecule has 2 atom stereocenters. The molecule has 0 radical (unpaired) electrons. The molecule has 0 aliphatic rings. The number of phenolic OH excluding ortho intramolecular Hbond substituents is 2. The zero-order chi connectivity index (χ0) is 15.2. The Morgan fingerprint density at radius 3 is 1.95 bits per heavy atom. The minimum Gasteiger partial charge on any atom is -0.508 e. The fourth-order valence-electron chi connectivity index (χ4n) is 2.18. The molecule has 5 heteroatoms. The first-order valence-corrected chi connectivity index (χ1v) is 7.04. The van der Waals surface area contributed by atoms with Gasteiger partial charge in [-0.05, 0) is 55.3 Å². The fraction of sp³-hybridized carbons (Fsp3) is 0.294. The van der Waals surface area contributed by atoms with Gasteiger partial charge in [0, 0.05) is 6.04 Å². The van der Waals surface area contributed by atoms with Gasteiger partial charge in [0.25, 0.3) is 0 Å². The predicted molar refractivity (Wildman–Crippen MR) is 89.6 cm³/mol. The van der Waals surface area contributed by atoms with Gasteiger partial charge in [-0.1, -0.05) is 24.3 Å². The first-order chi connectivity index (χ1) is 10.1. The highest BCUT2D eigenvalue weighted by Crippen LogP contribution is 2.19. The third-order valence-corrected chi connectivity index (χ3v) is 3.52. The minimum absolute atomic E-state index is 0. The maximum absolute atomic E-state index is 10.2. The van der Waals surface area contributed by atoms with E-state index in [0.29, 0.717) is 0 Å². The van der Waals surface area contributed by atoms with E-state index in [1.54, 1.807) is 36.4 Å².